The summed E-state index contributed by atoms with van der Waals surface area (Å²) in [5.74, 6) is -0.829. The van der Waals surface area contributed by atoms with Crippen molar-refractivity contribution in [3.63, 3.8) is 0 Å². The van der Waals surface area contributed by atoms with Gasteiger partial charge in [-0.05, 0) is 64.2 Å². The molecule has 0 rings (SSSR count). The smallest absolute Gasteiger partial charge is 0.462 e. The number of ether oxygens (including phenoxy) is 2. The highest BCUT2D eigenvalue weighted by Crippen LogP contribution is 2.43. The number of carbonyl (C=O) groups is 2. The molecule has 0 amide bonds. The molecule has 3 N–H and O–H groups in total. The van der Waals surface area contributed by atoms with Crippen molar-refractivity contribution in [2.45, 2.75) is 225 Å². The number of hydrogen-bond acceptors (Lipinski definition) is 8. The maximum absolute atomic E-state index is 12.6. The SMILES string of the molecule is CCCCCCC=CCCCCCCCCCC(=O)OCC(COP(=O)(O)OCCN)OC(=O)CCCCCCCCCCCC=CCCCCCCCC. The van der Waals surface area contributed by atoms with Crippen LogP contribution < -0.4 is 5.73 Å². The highest BCUT2D eigenvalue weighted by molar-refractivity contribution is 7.47. The van der Waals surface area contributed by atoms with Crippen LogP contribution in [0.25, 0.3) is 0 Å². The van der Waals surface area contributed by atoms with E-state index in [1.54, 1.807) is 0 Å². The van der Waals surface area contributed by atoms with Crippen LogP contribution in [0.3, 0.4) is 0 Å². The Hall–Kier alpha value is -1.51. The van der Waals surface area contributed by atoms with E-state index >= 15 is 0 Å². The van der Waals surface area contributed by atoms with Gasteiger partial charge in [-0.2, -0.15) is 0 Å². The second-order valence-electron chi connectivity index (χ2n) is 15.3. The number of nitrogens with two attached hydrogens (primary N) is 1. The molecule has 0 aliphatic rings. The van der Waals surface area contributed by atoms with Crippen molar-refractivity contribution in [1.82, 2.24) is 0 Å². The zero-order valence-electron chi connectivity index (χ0n) is 35.7. The molecule has 0 heterocycles. The van der Waals surface area contributed by atoms with E-state index < -0.39 is 26.5 Å². The molecule has 0 spiro atoms. The highest BCUT2D eigenvalue weighted by atomic mass is 31.2. The van der Waals surface area contributed by atoms with E-state index in [1.165, 1.54) is 135 Å². The van der Waals surface area contributed by atoms with Crippen LogP contribution in [0.4, 0.5) is 0 Å². The number of carbonyl (C=O) groups excluding carboxylic acids is 2. The maximum atomic E-state index is 12.6. The van der Waals surface area contributed by atoms with Crippen molar-refractivity contribution >= 4 is 19.8 Å². The molecule has 2 atom stereocenters. The molecule has 0 aromatic heterocycles. The fourth-order valence-corrected chi connectivity index (χ4v) is 7.15. The van der Waals surface area contributed by atoms with Gasteiger partial charge >= 0.3 is 19.8 Å². The molecule has 2 unspecified atom stereocenters. The van der Waals surface area contributed by atoms with Crippen LogP contribution in [0.5, 0.6) is 0 Å². The largest absolute Gasteiger partial charge is 0.472 e. The van der Waals surface area contributed by atoms with Crippen molar-refractivity contribution in [3.8, 4) is 0 Å². The number of esters is 2. The third-order valence-corrected chi connectivity index (χ3v) is 10.8. The molecular formula is C45H86NO8P. The Morgan fingerprint density at radius 2 is 0.891 bits per heavy atom. The predicted molar refractivity (Wildman–Crippen MR) is 229 cm³/mol. The quantitative estimate of drug-likeness (QED) is 0.0267. The van der Waals surface area contributed by atoms with Crippen LogP contribution >= 0.6 is 7.82 Å². The summed E-state index contributed by atoms with van der Waals surface area (Å²) in [6.45, 7) is 3.73. The van der Waals surface area contributed by atoms with Gasteiger partial charge in [-0.3, -0.25) is 18.6 Å². The monoisotopic (exact) mass is 800 g/mol. The van der Waals surface area contributed by atoms with Crippen molar-refractivity contribution in [2.75, 3.05) is 26.4 Å². The molecule has 0 aromatic rings. The van der Waals surface area contributed by atoms with E-state index in [9.17, 15) is 19.0 Å². The third-order valence-electron chi connectivity index (χ3n) is 9.81. The first-order chi connectivity index (χ1) is 26.8. The van der Waals surface area contributed by atoms with Gasteiger partial charge in [0, 0.05) is 19.4 Å². The lowest BCUT2D eigenvalue weighted by atomic mass is 10.1. The van der Waals surface area contributed by atoms with Gasteiger partial charge in [0.05, 0.1) is 13.2 Å². The fourth-order valence-electron chi connectivity index (χ4n) is 6.39. The predicted octanol–water partition coefficient (Wildman–Crippen LogP) is 13.2. The maximum Gasteiger partial charge on any atom is 0.472 e. The van der Waals surface area contributed by atoms with Gasteiger partial charge in [0.25, 0.3) is 0 Å². The molecule has 10 heteroatoms. The minimum Gasteiger partial charge on any atom is -0.462 e. The average molecular weight is 800 g/mol. The van der Waals surface area contributed by atoms with Crippen LogP contribution in [-0.4, -0.2) is 49.3 Å². The number of allylic oxidation sites excluding steroid dienone is 4. The Bertz CT molecular complexity index is 959. The van der Waals surface area contributed by atoms with Gasteiger partial charge in [0.2, 0.25) is 0 Å². The molecule has 0 radical (unpaired) electrons. The number of hydrogen-bond donors (Lipinski definition) is 2. The molecule has 0 aromatic carbocycles. The number of phosphoric ester groups is 1. The minimum absolute atomic E-state index is 0.0537. The second kappa shape index (κ2) is 42.1. The van der Waals surface area contributed by atoms with Crippen molar-refractivity contribution in [1.29, 1.82) is 0 Å². The van der Waals surface area contributed by atoms with Crippen LogP contribution in [0.2, 0.25) is 0 Å². The zero-order valence-corrected chi connectivity index (χ0v) is 36.6. The van der Waals surface area contributed by atoms with E-state index in [2.05, 4.69) is 38.2 Å². The summed E-state index contributed by atoms with van der Waals surface area (Å²) in [6.07, 6.45) is 44.9. The van der Waals surface area contributed by atoms with Gasteiger partial charge in [-0.15, -0.1) is 0 Å². The Morgan fingerprint density at radius 1 is 0.527 bits per heavy atom. The normalized spacial score (nSPS) is 13.5. The zero-order chi connectivity index (χ0) is 40.3. The highest BCUT2D eigenvalue weighted by Gasteiger charge is 2.26. The van der Waals surface area contributed by atoms with Crippen LogP contribution in [-0.2, 0) is 32.7 Å². The van der Waals surface area contributed by atoms with Gasteiger partial charge in [-0.1, -0.05) is 167 Å². The molecule has 9 nitrogen and oxygen atoms in total. The summed E-state index contributed by atoms with van der Waals surface area (Å²) < 4.78 is 32.8. The first-order valence-corrected chi connectivity index (χ1v) is 24.3. The summed E-state index contributed by atoms with van der Waals surface area (Å²) in [5.41, 5.74) is 5.35. The van der Waals surface area contributed by atoms with Crippen molar-refractivity contribution in [2.24, 2.45) is 5.73 Å². The number of rotatable bonds is 43. The molecule has 0 saturated heterocycles. The Kier molecular flexibility index (Phi) is 40.9. The van der Waals surface area contributed by atoms with Gasteiger partial charge < -0.3 is 20.1 Å². The number of phosphoric acid groups is 1. The van der Waals surface area contributed by atoms with Crippen LogP contribution in [0.1, 0.15) is 219 Å². The summed E-state index contributed by atoms with van der Waals surface area (Å²) in [6, 6.07) is 0. The topological polar surface area (TPSA) is 134 Å². The third kappa shape index (κ3) is 41.9. The van der Waals surface area contributed by atoms with Crippen LogP contribution in [0, 0.1) is 0 Å². The Labute approximate surface area is 338 Å². The van der Waals surface area contributed by atoms with Gasteiger partial charge in [0.15, 0.2) is 6.10 Å². The first-order valence-electron chi connectivity index (χ1n) is 22.8. The summed E-state index contributed by atoms with van der Waals surface area (Å²) in [7, 11) is -4.38. The molecule has 0 aliphatic carbocycles. The van der Waals surface area contributed by atoms with E-state index in [-0.39, 0.29) is 38.6 Å². The van der Waals surface area contributed by atoms with E-state index in [0.29, 0.717) is 6.42 Å². The van der Waals surface area contributed by atoms with E-state index in [4.69, 9.17) is 24.3 Å². The summed E-state index contributed by atoms with van der Waals surface area (Å²) in [4.78, 5) is 34.9. The lowest BCUT2D eigenvalue weighted by Crippen LogP contribution is -2.29. The standard InChI is InChI=1S/C45H86NO8P/c1-3-5-7-9-11-13-15-17-19-20-21-22-24-26-28-30-32-34-36-38-45(48)54-43(42-53-55(49,50)52-40-39-46)41-51-44(47)37-35-33-31-29-27-25-23-18-16-14-12-10-8-6-4-2/h14,16-17,19,43H,3-13,15,18,20-42,46H2,1-2H3,(H,49,50). The van der Waals surface area contributed by atoms with Gasteiger partial charge in [-0.25, -0.2) is 4.57 Å². The minimum atomic E-state index is -4.38. The lowest BCUT2D eigenvalue weighted by molar-refractivity contribution is -0.161. The average Bonchev–Trinajstić information content (AvgIpc) is 3.17. The van der Waals surface area contributed by atoms with Crippen LogP contribution in [0.15, 0.2) is 24.3 Å². The molecule has 324 valence electrons. The Balaban J connectivity index is 4.10. The molecular weight excluding hydrogens is 713 g/mol. The summed E-state index contributed by atoms with van der Waals surface area (Å²) in [5, 5.41) is 0. The van der Waals surface area contributed by atoms with Gasteiger partial charge in [0.1, 0.15) is 6.61 Å². The first kappa shape index (κ1) is 53.5. The summed E-state index contributed by atoms with van der Waals surface area (Å²) >= 11 is 0. The van der Waals surface area contributed by atoms with E-state index in [0.717, 1.165) is 51.4 Å². The molecule has 55 heavy (non-hydrogen) atoms. The molecule has 0 saturated carbocycles. The lowest BCUT2D eigenvalue weighted by Gasteiger charge is -2.19. The molecule has 0 aliphatic heterocycles. The molecule has 0 fully saturated rings. The van der Waals surface area contributed by atoms with E-state index in [1.807, 2.05) is 0 Å². The van der Waals surface area contributed by atoms with Crippen molar-refractivity contribution < 1.29 is 37.6 Å². The van der Waals surface area contributed by atoms with Crippen molar-refractivity contribution in [3.05, 3.63) is 24.3 Å². The fraction of sp³-hybridized carbons (Fsp3) is 0.867. The Morgan fingerprint density at radius 3 is 1.31 bits per heavy atom. The second-order valence-corrected chi connectivity index (χ2v) is 16.7. The number of unbranched alkanes of at least 4 members (excludes halogenated alkanes) is 26. The molecule has 0 bridgehead atoms.